The first-order valence-electron chi connectivity index (χ1n) is 8.44. The summed E-state index contributed by atoms with van der Waals surface area (Å²) in [5.41, 5.74) is 1.58. The van der Waals surface area contributed by atoms with Gasteiger partial charge in [-0.05, 0) is 56.4 Å². The van der Waals surface area contributed by atoms with Crippen LogP contribution in [-0.4, -0.2) is 21.8 Å². The Kier molecular flexibility index (Phi) is 3.47. The van der Waals surface area contributed by atoms with E-state index >= 15 is 0 Å². The van der Waals surface area contributed by atoms with Crippen molar-refractivity contribution in [2.45, 2.75) is 51.6 Å². The Morgan fingerprint density at radius 3 is 2.70 bits per heavy atom. The zero-order chi connectivity index (χ0) is 16.0. The number of aryl methyl sites for hydroxylation is 1. The lowest BCUT2D eigenvalue weighted by Gasteiger charge is -2.21. The Hall–Kier alpha value is -2.10. The number of pyridine rings is 1. The van der Waals surface area contributed by atoms with Crippen molar-refractivity contribution in [3.63, 3.8) is 0 Å². The van der Waals surface area contributed by atoms with Crippen molar-refractivity contribution < 1.29 is 9.21 Å². The van der Waals surface area contributed by atoms with Gasteiger partial charge in [0, 0.05) is 23.9 Å². The van der Waals surface area contributed by atoms with Gasteiger partial charge in [-0.1, -0.05) is 6.92 Å². The molecule has 0 spiro atoms. The molecule has 2 aliphatic rings. The molecule has 0 radical (unpaired) electrons. The monoisotopic (exact) mass is 310 g/mol. The number of nitrogens with zero attached hydrogens (tertiary/aromatic N) is 2. The third kappa shape index (κ3) is 3.03. The highest BCUT2D eigenvalue weighted by molar-refractivity contribution is 5.94. The summed E-state index contributed by atoms with van der Waals surface area (Å²) >= 11 is 0. The van der Waals surface area contributed by atoms with E-state index in [1.54, 1.807) is 6.20 Å². The smallest absolute Gasteiger partial charge is 0.256 e. The van der Waals surface area contributed by atoms with Crippen molar-refractivity contribution in [2.24, 2.45) is 5.92 Å². The van der Waals surface area contributed by atoms with Gasteiger partial charge in [0.25, 0.3) is 5.91 Å². The van der Waals surface area contributed by atoms with Gasteiger partial charge >= 0.3 is 0 Å². The third-order valence-corrected chi connectivity index (χ3v) is 4.89. The van der Waals surface area contributed by atoms with E-state index in [1.165, 1.54) is 6.42 Å². The van der Waals surface area contributed by atoms with E-state index in [-0.39, 0.29) is 5.91 Å². The van der Waals surface area contributed by atoms with Crippen LogP contribution >= 0.6 is 0 Å². The molecule has 1 amide bonds. The summed E-state index contributed by atoms with van der Waals surface area (Å²) in [6.45, 7) is 4.73. The lowest BCUT2D eigenvalue weighted by atomic mass is 10.2. The van der Waals surface area contributed by atoms with E-state index < -0.39 is 0 Å². The summed E-state index contributed by atoms with van der Waals surface area (Å²) in [6, 6.07) is 8.19. The largest absolute Gasteiger partial charge is 0.464 e. The highest BCUT2D eigenvalue weighted by atomic mass is 16.3. The van der Waals surface area contributed by atoms with E-state index in [1.807, 2.05) is 30.0 Å². The van der Waals surface area contributed by atoms with Crippen LogP contribution in [0.15, 0.2) is 34.9 Å². The highest BCUT2D eigenvalue weighted by Gasteiger charge is 2.37. The fourth-order valence-electron chi connectivity index (χ4n) is 3.08. The summed E-state index contributed by atoms with van der Waals surface area (Å²) in [7, 11) is 0. The van der Waals surface area contributed by atoms with Gasteiger partial charge in [-0.3, -0.25) is 9.78 Å². The molecule has 2 aromatic rings. The van der Waals surface area contributed by atoms with Crippen molar-refractivity contribution >= 4 is 5.91 Å². The van der Waals surface area contributed by atoms with Crippen LogP contribution in [0.25, 0.3) is 0 Å². The van der Waals surface area contributed by atoms with E-state index in [0.29, 0.717) is 24.1 Å². The van der Waals surface area contributed by atoms with Crippen LogP contribution in [0.2, 0.25) is 0 Å². The maximum atomic E-state index is 12.8. The zero-order valence-electron chi connectivity index (χ0n) is 13.7. The molecule has 4 rings (SSSR count). The minimum atomic E-state index is 0.0535. The van der Waals surface area contributed by atoms with Gasteiger partial charge in [-0.25, -0.2) is 0 Å². The van der Waals surface area contributed by atoms with E-state index in [2.05, 4.69) is 18.0 Å². The average Bonchev–Trinajstić information content (AvgIpc) is 3.46. The van der Waals surface area contributed by atoms with E-state index in [9.17, 15) is 4.79 Å². The number of furan rings is 1. The van der Waals surface area contributed by atoms with E-state index in [0.717, 1.165) is 36.0 Å². The summed E-state index contributed by atoms with van der Waals surface area (Å²) in [5, 5.41) is 0. The maximum Gasteiger partial charge on any atom is 0.256 e. The first-order valence-corrected chi connectivity index (χ1v) is 8.44. The summed E-state index contributed by atoms with van der Waals surface area (Å²) in [5.74, 6) is 3.33. The van der Waals surface area contributed by atoms with Gasteiger partial charge in [0.05, 0.1) is 12.1 Å². The fourth-order valence-corrected chi connectivity index (χ4v) is 3.08. The molecule has 2 heterocycles. The quantitative estimate of drug-likeness (QED) is 0.841. The standard InChI is InChI=1S/C19H22N2O2/c1-12-9-17(12)18-8-7-16(23-18)11-21(15-5-6-15)19(22)14-4-3-13(2)20-10-14/h3-4,7-8,10,12,15,17H,5-6,9,11H2,1-2H3/t12-,17+/m0/s1. The second-order valence-electron chi connectivity index (χ2n) is 6.98. The van der Waals surface area contributed by atoms with Crippen LogP contribution in [0, 0.1) is 12.8 Å². The molecule has 23 heavy (non-hydrogen) atoms. The Morgan fingerprint density at radius 2 is 2.09 bits per heavy atom. The fraction of sp³-hybridized carbons (Fsp3) is 0.474. The van der Waals surface area contributed by atoms with Gasteiger partial charge in [-0.15, -0.1) is 0 Å². The molecule has 2 fully saturated rings. The lowest BCUT2D eigenvalue weighted by molar-refractivity contribution is 0.0716. The molecular formula is C19H22N2O2. The number of aromatic nitrogens is 1. The maximum absolute atomic E-state index is 12.8. The number of hydrogen-bond acceptors (Lipinski definition) is 3. The van der Waals surface area contributed by atoms with Crippen molar-refractivity contribution in [2.75, 3.05) is 0 Å². The van der Waals surface area contributed by atoms with Crippen molar-refractivity contribution in [1.29, 1.82) is 0 Å². The van der Waals surface area contributed by atoms with Gasteiger partial charge in [0.1, 0.15) is 11.5 Å². The molecule has 2 aromatic heterocycles. The van der Waals surface area contributed by atoms with Gasteiger partial charge in [0.15, 0.2) is 0 Å². The van der Waals surface area contributed by atoms with Gasteiger partial charge < -0.3 is 9.32 Å². The number of carbonyl (C=O) groups excluding carboxylic acids is 1. The van der Waals surface area contributed by atoms with Crippen molar-refractivity contribution in [3.8, 4) is 0 Å². The molecule has 0 unspecified atom stereocenters. The Morgan fingerprint density at radius 1 is 1.30 bits per heavy atom. The van der Waals surface area contributed by atoms with Crippen molar-refractivity contribution in [3.05, 3.63) is 53.2 Å². The molecule has 120 valence electrons. The van der Waals surface area contributed by atoms with Gasteiger partial charge in [-0.2, -0.15) is 0 Å². The zero-order valence-corrected chi connectivity index (χ0v) is 13.7. The predicted molar refractivity (Wildman–Crippen MR) is 87.1 cm³/mol. The minimum Gasteiger partial charge on any atom is -0.464 e. The Bertz CT molecular complexity index is 715. The van der Waals surface area contributed by atoms with Crippen LogP contribution in [0.3, 0.4) is 0 Å². The molecule has 2 saturated carbocycles. The van der Waals surface area contributed by atoms with Gasteiger partial charge in [0.2, 0.25) is 0 Å². The predicted octanol–water partition coefficient (Wildman–Crippen LogP) is 3.91. The molecule has 0 N–H and O–H groups in total. The third-order valence-electron chi connectivity index (χ3n) is 4.89. The molecule has 0 saturated heterocycles. The summed E-state index contributed by atoms with van der Waals surface area (Å²) < 4.78 is 5.98. The van der Waals surface area contributed by atoms with Crippen LogP contribution in [-0.2, 0) is 6.54 Å². The van der Waals surface area contributed by atoms with Crippen LogP contribution < -0.4 is 0 Å². The van der Waals surface area contributed by atoms with Crippen LogP contribution in [0.4, 0.5) is 0 Å². The Labute approximate surface area is 136 Å². The minimum absolute atomic E-state index is 0.0535. The molecule has 2 atom stereocenters. The van der Waals surface area contributed by atoms with Crippen LogP contribution in [0.1, 0.15) is 59.7 Å². The molecule has 0 aromatic carbocycles. The number of carbonyl (C=O) groups is 1. The first-order chi connectivity index (χ1) is 11.1. The molecule has 4 nitrogen and oxygen atoms in total. The average molecular weight is 310 g/mol. The molecular weight excluding hydrogens is 288 g/mol. The lowest BCUT2D eigenvalue weighted by Crippen LogP contribution is -2.32. The van der Waals surface area contributed by atoms with Crippen LogP contribution in [0.5, 0.6) is 0 Å². The topological polar surface area (TPSA) is 46.3 Å². The second-order valence-corrected chi connectivity index (χ2v) is 6.98. The highest BCUT2D eigenvalue weighted by Crippen LogP contribution is 2.47. The summed E-state index contributed by atoms with van der Waals surface area (Å²) in [6.07, 6.45) is 5.05. The number of amides is 1. The normalized spacial score (nSPS) is 22.9. The summed E-state index contributed by atoms with van der Waals surface area (Å²) in [4.78, 5) is 19.0. The molecule has 0 bridgehead atoms. The van der Waals surface area contributed by atoms with E-state index in [4.69, 9.17) is 4.42 Å². The van der Waals surface area contributed by atoms with Crippen molar-refractivity contribution in [1.82, 2.24) is 9.88 Å². The SMILES string of the molecule is Cc1ccc(C(=O)N(Cc2ccc([C@@H]3C[C@@H]3C)o2)C2CC2)cn1. The second kappa shape index (κ2) is 5.52. The molecule has 4 heteroatoms. The first kappa shape index (κ1) is 14.5. The Balaban J connectivity index is 1.50. The molecule has 2 aliphatic carbocycles. The number of hydrogen-bond donors (Lipinski definition) is 0. The molecule has 0 aliphatic heterocycles. The number of rotatable bonds is 5.